The van der Waals surface area contributed by atoms with Gasteiger partial charge in [0.1, 0.15) is 11.5 Å². The summed E-state index contributed by atoms with van der Waals surface area (Å²) in [6.07, 6.45) is 3.82. The molecule has 0 aromatic heterocycles. The molecule has 0 saturated carbocycles. The van der Waals surface area contributed by atoms with Crippen LogP contribution in [0.25, 0.3) is 6.08 Å². The molecular formula is C36H30N2O5. The van der Waals surface area contributed by atoms with Crippen molar-refractivity contribution in [1.29, 1.82) is 0 Å². The highest BCUT2D eigenvalue weighted by molar-refractivity contribution is 6.16. The zero-order chi connectivity index (χ0) is 29.9. The van der Waals surface area contributed by atoms with Crippen LogP contribution in [0.1, 0.15) is 49.0 Å². The van der Waals surface area contributed by atoms with Crippen molar-refractivity contribution in [1.82, 2.24) is 4.90 Å². The van der Waals surface area contributed by atoms with Gasteiger partial charge in [0.05, 0.1) is 26.2 Å². The number of ether oxygens (including phenoxy) is 2. The van der Waals surface area contributed by atoms with Crippen LogP contribution in [0, 0.1) is 12.8 Å². The molecule has 7 rings (SSSR count). The van der Waals surface area contributed by atoms with Crippen LogP contribution in [0.2, 0.25) is 0 Å². The van der Waals surface area contributed by atoms with E-state index >= 15 is 0 Å². The standard InChI is InChI=1S/C36H30N2O5/c1-21-12-14-23(15-13-21)32(39)30-31(33(40)24-16-17-28(42-2)29(20-24)43-3)38-19-18-22-8-4-5-9-25(22)34(38)36(30)26-10-6-7-11-27(26)37-35(36)41/h4-20,30-31,34H,1-3H3,(H,37,41)/t30-,31+,34-,36+/m1/s1. The second-order valence-corrected chi connectivity index (χ2v) is 11.2. The monoisotopic (exact) mass is 570 g/mol. The molecule has 1 N–H and O–H groups in total. The first kappa shape index (κ1) is 26.7. The predicted molar refractivity (Wildman–Crippen MR) is 163 cm³/mol. The third kappa shape index (κ3) is 3.77. The zero-order valence-electron chi connectivity index (χ0n) is 24.0. The Morgan fingerprint density at radius 1 is 0.814 bits per heavy atom. The number of para-hydroxylation sites is 1. The number of benzene rings is 4. The van der Waals surface area contributed by atoms with Gasteiger partial charge in [-0.1, -0.05) is 72.3 Å². The number of amides is 1. The lowest BCUT2D eigenvalue weighted by Crippen LogP contribution is -2.49. The lowest BCUT2D eigenvalue weighted by molar-refractivity contribution is -0.122. The summed E-state index contributed by atoms with van der Waals surface area (Å²) in [5, 5.41) is 3.08. The molecule has 7 heteroatoms. The number of rotatable bonds is 6. The van der Waals surface area contributed by atoms with Crippen LogP contribution in [-0.4, -0.2) is 42.6 Å². The lowest BCUT2D eigenvalue weighted by Gasteiger charge is -2.38. The maximum atomic E-state index is 14.9. The molecule has 4 aromatic rings. The fraction of sp³-hybridized carbons (Fsp3) is 0.194. The highest BCUT2D eigenvalue weighted by Crippen LogP contribution is 2.62. The van der Waals surface area contributed by atoms with E-state index in [1.54, 1.807) is 30.3 Å². The third-order valence-electron chi connectivity index (χ3n) is 9.13. The minimum atomic E-state index is -1.38. The molecule has 0 radical (unpaired) electrons. The number of hydrogen-bond acceptors (Lipinski definition) is 6. The Morgan fingerprint density at radius 2 is 1.51 bits per heavy atom. The Kier molecular flexibility index (Phi) is 6.20. The number of anilines is 1. The smallest absolute Gasteiger partial charge is 0.238 e. The molecule has 7 nitrogen and oxygen atoms in total. The van der Waals surface area contributed by atoms with Gasteiger partial charge in [-0.2, -0.15) is 0 Å². The van der Waals surface area contributed by atoms with E-state index in [-0.39, 0.29) is 17.5 Å². The van der Waals surface area contributed by atoms with Gasteiger partial charge in [0.15, 0.2) is 23.1 Å². The Hall–Kier alpha value is -5.17. The van der Waals surface area contributed by atoms with Gasteiger partial charge in [-0.05, 0) is 54.0 Å². The van der Waals surface area contributed by atoms with Crippen molar-refractivity contribution in [3.8, 4) is 11.5 Å². The van der Waals surface area contributed by atoms with Gasteiger partial charge >= 0.3 is 0 Å². The van der Waals surface area contributed by atoms with E-state index in [1.807, 2.05) is 84.8 Å². The molecule has 0 unspecified atom stereocenters. The van der Waals surface area contributed by atoms with E-state index in [4.69, 9.17) is 9.47 Å². The van der Waals surface area contributed by atoms with Crippen LogP contribution in [0.3, 0.4) is 0 Å². The van der Waals surface area contributed by atoms with E-state index in [1.165, 1.54) is 14.2 Å². The fourth-order valence-corrected chi connectivity index (χ4v) is 7.23. The number of carbonyl (C=O) groups excluding carboxylic acids is 3. The first-order valence-electron chi connectivity index (χ1n) is 14.2. The molecule has 0 aliphatic carbocycles. The minimum Gasteiger partial charge on any atom is -0.493 e. The Labute approximate surface area is 249 Å². The van der Waals surface area contributed by atoms with Gasteiger partial charge in [0.2, 0.25) is 5.91 Å². The number of fused-ring (bicyclic) bond motifs is 6. The maximum Gasteiger partial charge on any atom is 0.238 e. The van der Waals surface area contributed by atoms with Crippen molar-refractivity contribution < 1.29 is 23.9 Å². The summed E-state index contributed by atoms with van der Waals surface area (Å²) in [5.41, 5.74) is 3.65. The quantitative estimate of drug-likeness (QED) is 0.287. The van der Waals surface area contributed by atoms with Gasteiger partial charge in [-0.15, -0.1) is 0 Å². The molecule has 3 heterocycles. The van der Waals surface area contributed by atoms with Crippen LogP contribution >= 0.6 is 0 Å². The van der Waals surface area contributed by atoms with E-state index < -0.39 is 23.4 Å². The second-order valence-electron chi connectivity index (χ2n) is 11.2. The van der Waals surface area contributed by atoms with Crippen molar-refractivity contribution >= 4 is 29.2 Å². The largest absolute Gasteiger partial charge is 0.493 e. The molecule has 43 heavy (non-hydrogen) atoms. The van der Waals surface area contributed by atoms with Crippen molar-refractivity contribution in [2.24, 2.45) is 5.92 Å². The number of methoxy groups -OCH3 is 2. The van der Waals surface area contributed by atoms with Crippen molar-refractivity contribution in [3.05, 3.63) is 131 Å². The molecule has 1 fully saturated rings. The van der Waals surface area contributed by atoms with Crippen LogP contribution in [0.5, 0.6) is 11.5 Å². The lowest BCUT2D eigenvalue weighted by atomic mass is 9.62. The van der Waals surface area contributed by atoms with Crippen LogP contribution in [0.4, 0.5) is 5.69 Å². The van der Waals surface area contributed by atoms with Gasteiger partial charge in [0, 0.05) is 23.0 Å². The molecule has 1 saturated heterocycles. The van der Waals surface area contributed by atoms with Crippen molar-refractivity contribution in [3.63, 3.8) is 0 Å². The Balaban J connectivity index is 1.51. The molecular weight excluding hydrogens is 540 g/mol. The van der Waals surface area contributed by atoms with Crippen LogP contribution in [-0.2, 0) is 10.2 Å². The summed E-state index contributed by atoms with van der Waals surface area (Å²) >= 11 is 0. The number of nitrogens with one attached hydrogen (secondary N) is 1. The SMILES string of the molecule is COc1ccc(C(=O)[C@@H]2[C@H](C(=O)c3ccc(C)cc3)[C@]3(C(=O)Nc4ccccc43)[C@H]3c4ccccc4C=CN23)cc1OC. The summed E-state index contributed by atoms with van der Waals surface area (Å²) < 4.78 is 10.9. The molecule has 4 atom stereocenters. The van der Waals surface area contributed by atoms with Gasteiger partial charge in [0.25, 0.3) is 0 Å². The van der Waals surface area contributed by atoms with Gasteiger partial charge in [-0.25, -0.2) is 0 Å². The summed E-state index contributed by atoms with van der Waals surface area (Å²) in [5.74, 6) is -0.979. The van der Waals surface area contributed by atoms with Crippen molar-refractivity contribution in [2.45, 2.75) is 24.4 Å². The van der Waals surface area contributed by atoms with Crippen LogP contribution < -0.4 is 14.8 Å². The number of aryl methyl sites for hydroxylation is 1. The van der Waals surface area contributed by atoms with Crippen molar-refractivity contribution in [2.75, 3.05) is 19.5 Å². The number of ketones is 2. The molecule has 4 aromatic carbocycles. The summed E-state index contributed by atoms with van der Waals surface area (Å²) in [6, 6.07) is 26.1. The normalized spacial score (nSPS) is 22.9. The Bertz CT molecular complexity index is 1830. The molecule has 3 aliphatic heterocycles. The van der Waals surface area contributed by atoms with E-state index in [9.17, 15) is 14.4 Å². The number of carbonyl (C=O) groups is 3. The van der Waals surface area contributed by atoms with E-state index in [2.05, 4.69) is 5.32 Å². The second kappa shape index (κ2) is 9.98. The van der Waals surface area contributed by atoms with E-state index in [0.717, 1.165) is 16.7 Å². The first-order valence-corrected chi connectivity index (χ1v) is 14.2. The summed E-state index contributed by atoms with van der Waals surface area (Å²) in [6.45, 7) is 1.96. The average molecular weight is 571 g/mol. The number of Topliss-reactive ketones (excluding diaryl/α,β-unsaturated/α-hetero) is 2. The number of hydrogen-bond donors (Lipinski definition) is 1. The molecule has 1 amide bonds. The number of nitrogens with zero attached hydrogens (tertiary/aromatic N) is 1. The zero-order valence-corrected chi connectivity index (χ0v) is 24.0. The molecule has 3 aliphatic rings. The third-order valence-corrected chi connectivity index (χ3v) is 9.13. The summed E-state index contributed by atoms with van der Waals surface area (Å²) in [7, 11) is 3.05. The Morgan fingerprint density at radius 3 is 2.28 bits per heavy atom. The predicted octanol–water partition coefficient (Wildman–Crippen LogP) is 5.99. The fourth-order valence-electron chi connectivity index (χ4n) is 7.23. The topological polar surface area (TPSA) is 84.9 Å². The van der Waals surface area contributed by atoms with Crippen LogP contribution in [0.15, 0.2) is 97.2 Å². The highest BCUT2D eigenvalue weighted by atomic mass is 16.5. The van der Waals surface area contributed by atoms with Gasteiger partial charge < -0.3 is 19.7 Å². The summed E-state index contributed by atoms with van der Waals surface area (Å²) in [4.78, 5) is 46.1. The average Bonchev–Trinajstić information content (AvgIpc) is 3.52. The molecule has 214 valence electrons. The molecule has 0 bridgehead atoms. The maximum absolute atomic E-state index is 14.9. The van der Waals surface area contributed by atoms with Gasteiger partial charge in [-0.3, -0.25) is 14.4 Å². The molecule has 1 spiro atoms. The minimum absolute atomic E-state index is 0.258. The van der Waals surface area contributed by atoms with E-state index in [0.29, 0.717) is 33.9 Å². The first-order chi connectivity index (χ1) is 20.9. The highest BCUT2D eigenvalue weighted by Gasteiger charge is 2.70.